The van der Waals surface area contributed by atoms with Crippen molar-refractivity contribution in [2.75, 3.05) is 13.2 Å². The fraction of sp³-hybridized carbons (Fsp3) is 0.273. The number of para-hydroxylation sites is 1. The van der Waals surface area contributed by atoms with Gasteiger partial charge in [-0.25, -0.2) is 0 Å². The molecule has 0 bridgehead atoms. The molecule has 0 aliphatic heterocycles. The Morgan fingerprint density at radius 1 is 1.13 bits per heavy atom. The molecule has 2 N–H and O–H groups in total. The van der Waals surface area contributed by atoms with Crippen LogP contribution in [-0.4, -0.2) is 34.6 Å². The maximum absolute atomic E-state index is 12.2. The summed E-state index contributed by atoms with van der Waals surface area (Å²) in [5, 5.41) is 21.4. The molecule has 1 heterocycles. The first kappa shape index (κ1) is 21.0. The van der Waals surface area contributed by atoms with Crippen LogP contribution < -0.4 is 10.1 Å². The van der Waals surface area contributed by atoms with Gasteiger partial charge in [0.1, 0.15) is 12.3 Å². The van der Waals surface area contributed by atoms with Crippen LogP contribution in [0.3, 0.4) is 0 Å². The second-order valence-corrected chi connectivity index (χ2v) is 6.89. The molecule has 2 aromatic carbocycles. The summed E-state index contributed by atoms with van der Waals surface area (Å²) in [6.07, 6.45) is 0. The van der Waals surface area contributed by atoms with Crippen LogP contribution in [0.4, 0.5) is 5.69 Å². The maximum Gasteiger partial charge on any atom is 0.283 e. The average Bonchev–Trinajstić information content (AvgIpc) is 3.02. The lowest BCUT2D eigenvalue weighted by Crippen LogP contribution is -2.28. The molecule has 3 aromatic rings. The Kier molecular flexibility index (Phi) is 6.46. The molecule has 30 heavy (non-hydrogen) atoms. The first-order chi connectivity index (χ1) is 14.4. The van der Waals surface area contributed by atoms with Crippen molar-refractivity contribution in [1.29, 1.82) is 0 Å². The lowest BCUT2D eigenvalue weighted by Gasteiger charge is -2.10. The molecule has 0 atom stereocenters. The molecule has 3 rings (SSSR count). The first-order valence-corrected chi connectivity index (χ1v) is 9.69. The van der Waals surface area contributed by atoms with E-state index in [-0.39, 0.29) is 24.2 Å². The van der Waals surface area contributed by atoms with Crippen LogP contribution in [0, 0.1) is 0 Å². The van der Waals surface area contributed by atoms with Crippen molar-refractivity contribution in [1.82, 2.24) is 9.88 Å². The third-order valence-electron chi connectivity index (χ3n) is 4.46. The summed E-state index contributed by atoms with van der Waals surface area (Å²) >= 11 is 0. The second-order valence-electron chi connectivity index (χ2n) is 6.89. The van der Waals surface area contributed by atoms with E-state index in [9.17, 15) is 14.7 Å². The molecular formula is C22H24N4O4. The maximum atomic E-state index is 12.2. The number of fused-ring (bicyclic) bond motifs is 1. The highest BCUT2D eigenvalue weighted by Crippen LogP contribution is 2.40. The predicted molar refractivity (Wildman–Crippen MR) is 113 cm³/mol. The number of amides is 2. The molecule has 0 aliphatic carbocycles. The lowest BCUT2D eigenvalue weighted by atomic mass is 10.2. The van der Waals surface area contributed by atoms with Gasteiger partial charge in [-0.15, -0.1) is 10.2 Å². The van der Waals surface area contributed by atoms with E-state index in [4.69, 9.17) is 4.74 Å². The molecular weight excluding hydrogens is 384 g/mol. The van der Waals surface area contributed by atoms with Gasteiger partial charge < -0.3 is 19.7 Å². The number of hydrogen-bond donors (Lipinski definition) is 2. The summed E-state index contributed by atoms with van der Waals surface area (Å²) in [5.41, 5.74) is 1.43. The van der Waals surface area contributed by atoms with E-state index in [0.29, 0.717) is 23.3 Å². The topological polar surface area (TPSA) is 105 Å². The van der Waals surface area contributed by atoms with Gasteiger partial charge in [0, 0.05) is 17.0 Å². The first-order valence-electron chi connectivity index (χ1n) is 9.69. The normalized spacial score (nSPS) is 11.3. The third kappa shape index (κ3) is 4.48. The number of aromatic nitrogens is 1. The Balaban J connectivity index is 1.68. The van der Waals surface area contributed by atoms with Crippen LogP contribution in [-0.2, 0) is 4.79 Å². The standard InChI is InChI=1S/C22H24N4O4/c1-4-30-16-11-9-15(10-12-16)21(28)23-13-19(27)24-25-20-17-7-5-6-8-18(17)26(14(2)3)22(20)29/h5-12,14,29H,4,13H2,1-3H3,(H,23,28). The fourth-order valence-corrected chi connectivity index (χ4v) is 3.12. The Morgan fingerprint density at radius 3 is 2.50 bits per heavy atom. The predicted octanol–water partition coefficient (Wildman–Crippen LogP) is 4.37. The van der Waals surface area contributed by atoms with Gasteiger partial charge in [-0.05, 0) is 51.1 Å². The molecule has 0 spiro atoms. The van der Waals surface area contributed by atoms with Gasteiger partial charge >= 0.3 is 0 Å². The number of ether oxygens (including phenoxy) is 1. The van der Waals surface area contributed by atoms with E-state index < -0.39 is 11.8 Å². The highest BCUT2D eigenvalue weighted by atomic mass is 16.5. The summed E-state index contributed by atoms with van der Waals surface area (Å²) < 4.78 is 7.06. The van der Waals surface area contributed by atoms with Gasteiger partial charge in [0.25, 0.3) is 11.8 Å². The van der Waals surface area contributed by atoms with Crippen molar-refractivity contribution in [2.24, 2.45) is 10.2 Å². The van der Waals surface area contributed by atoms with Crippen LogP contribution in [0.2, 0.25) is 0 Å². The second kappa shape index (κ2) is 9.21. The molecule has 0 radical (unpaired) electrons. The summed E-state index contributed by atoms with van der Waals surface area (Å²) in [5.74, 6) is -0.420. The Bertz CT molecular complexity index is 1080. The Morgan fingerprint density at radius 2 is 1.83 bits per heavy atom. The van der Waals surface area contributed by atoms with Gasteiger partial charge in [0.2, 0.25) is 5.88 Å². The van der Waals surface area contributed by atoms with E-state index in [0.717, 1.165) is 5.52 Å². The van der Waals surface area contributed by atoms with Crippen LogP contribution in [0.5, 0.6) is 11.6 Å². The molecule has 2 amide bonds. The van der Waals surface area contributed by atoms with Gasteiger partial charge in [0.05, 0.1) is 12.1 Å². The molecule has 1 aromatic heterocycles. The van der Waals surface area contributed by atoms with E-state index in [1.165, 1.54) is 0 Å². The molecule has 0 saturated carbocycles. The van der Waals surface area contributed by atoms with E-state index in [1.807, 2.05) is 39.0 Å². The van der Waals surface area contributed by atoms with Crippen molar-refractivity contribution >= 4 is 28.4 Å². The van der Waals surface area contributed by atoms with Crippen molar-refractivity contribution in [3.8, 4) is 11.6 Å². The summed E-state index contributed by atoms with van der Waals surface area (Å²) in [6.45, 7) is 5.99. The molecule has 8 heteroatoms. The van der Waals surface area contributed by atoms with Gasteiger partial charge in [-0.1, -0.05) is 18.2 Å². The number of rotatable bonds is 7. The van der Waals surface area contributed by atoms with Crippen LogP contribution in [0.25, 0.3) is 10.9 Å². The number of hydrogen-bond acceptors (Lipinski definition) is 5. The summed E-state index contributed by atoms with van der Waals surface area (Å²) in [7, 11) is 0. The molecule has 8 nitrogen and oxygen atoms in total. The van der Waals surface area contributed by atoms with Crippen molar-refractivity contribution < 1.29 is 19.4 Å². The monoisotopic (exact) mass is 408 g/mol. The van der Waals surface area contributed by atoms with E-state index >= 15 is 0 Å². The number of carbonyl (C=O) groups is 2. The van der Waals surface area contributed by atoms with Crippen molar-refractivity contribution in [3.63, 3.8) is 0 Å². The number of azo groups is 1. The van der Waals surface area contributed by atoms with Crippen molar-refractivity contribution in [2.45, 2.75) is 26.8 Å². The minimum atomic E-state index is -0.630. The van der Waals surface area contributed by atoms with E-state index in [1.54, 1.807) is 34.9 Å². The SMILES string of the molecule is CCOc1ccc(C(=O)NCC(=O)N=Nc2c(O)n(C(C)C)c3ccccc23)cc1. The minimum absolute atomic E-state index is 0.00274. The molecule has 0 saturated heterocycles. The van der Waals surface area contributed by atoms with Gasteiger partial charge in [-0.2, -0.15) is 0 Å². The zero-order chi connectivity index (χ0) is 21.7. The molecule has 0 fully saturated rings. The number of benzene rings is 2. The van der Waals surface area contributed by atoms with Gasteiger partial charge in [-0.3, -0.25) is 9.59 Å². The lowest BCUT2D eigenvalue weighted by molar-refractivity contribution is -0.117. The zero-order valence-corrected chi connectivity index (χ0v) is 17.1. The summed E-state index contributed by atoms with van der Waals surface area (Å²) in [4.78, 5) is 24.3. The van der Waals surface area contributed by atoms with E-state index in [2.05, 4.69) is 15.5 Å². The van der Waals surface area contributed by atoms with Crippen molar-refractivity contribution in [3.05, 3.63) is 54.1 Å². The van der Waals surface area contributed by atoms with Crippen LogP contribution in [0.1, 0.15) is 37.2 Å². The number of carbonyl (C=O) groups excluding carboxylic acids is 2. The number of nitrogens with one attached hydrogen (secondary N) is 1. The minimum Gasteiger partial charge on any atom is -0.494 e. The highest BCUT2D eigenvalue weighted by molar-refractivity contribution is 5.97. The summed E-state index contributed by atoms with van der Waals surface area (Å²) in [6, 6.07) is 14.0. The smallest absolute Gasteiger partial charge is 0.283 e. The molecule has 156 valence electrons. The van der Waals surface area contributed by atoms with Crippen LogP contribution >= 0.6 is 0 Å². The van der Waals surface area contributed by atoms with Crippen LogP contribution in [0.15, 0.2) is 58.8 Å². The molecule has 0 aliphatic rings. The highest BCUT2D eigenvalue weighted by Gasteiger charge is 2.18. The largest absolute Gasteiger partial charge is 0.494 e. The number of aromatic hydroxyl groups is 1. The van der Waals surface area contributed by atoms with Gasteiger partial charge in [0.15, 0.2) is 5.69 Å². The third-order valence-corrected chi connectivity index (χ3v) is 4.46. The fourth-order valence-electron chi connectivity index (χ4n) is 3.12. The Hall–Kier alpha value is -3.68. The zero-order valence-electron chi connectivity index (χ0n) is 17.1. The number of nitrogens with zero attached hydrogens (tertiary/aromatic N) is 3. The molecule has 0 unspecified atom stereocenters. The quantitative estimate of drug-likeness (QED) is 0.566. The average molecular weight is 408 g/mol. The Labute approximate surface area is 174 Å².